The summed E-state index contributed by atoms with van der Waals surface area (Å²) in [5.74, 6) is -10.8. The van der Waals surface area contributed by atoms with Gasteiger partial charge < -0.3 is 14.0 Å². The lowest BCUT2D eigenvalue weighted by molar-refractivity contribution is -0.348. The van der Waals surface area contributed by atoms with Crippen molar-refractivity contribution in [1.82, 2.24) is 4.57 Å². The van der Waals surface area contributed by atoms with Gasteiger partial charge in [-0.2, -0.15) is 22.0 Å². The van der Waals surface area contributed by atoms with Crippen molar-refractivity contribution in [2.45, 2.75) is 45.4 Å². The highest BCUT2D eigenvalue weighted by molar-refractivity contribution is 6.02. The van der Waals surface area contributed by atoms with E-state index < -0.39 is 46.7 Å². The number of benzene rings is 1. The normalized spacial score (nSPS) is 21.8. The number of ether oxygens (including phenoxy) is 2. The molecule has 10 heteroatoms. The number of fused-ring (bicyclic) bond motifs is 1. The van der Waals surface area contributed by atoms with Gasteiger partial charge in [0.2, 0.25) is 5.60 Å². The molecule has 0 N–H and O–H groups in total. The second-order valence-electron chi connectivity index (χ2n) is 7.83. The van der Waals surface area contributed by atoms with Gasteiger partial charge in [0, 0.05) is 29.2 Å². The van der Waals surface area contributed by atoms with Crippen molar-refractivity contribution in [1.29, 1.82) is 0 Å². The highest BCUT2D eigenvalue weighted by Gasteiger charge is 2.81. The summed E-state index contributed by atoms with van der Waals surface area (Å²) >= 11 is 0. The Morgan fingerprint density at radius 1 is 1.19 bits per heavy atom. The first kappa shape index (κ1) is 23.7. The molecular formula is C22H22F5NO4. The first-order valence-electron chi connectivity index (χ1n) is 9.80. The van der Waals surface area contributed by atoms with E-state index >= 15 is 8.78 Å². The molecule has 1 aromatic carbocycles. The van der Waals surface area contributed by atoms with Gasteiger partial charge in [0.05, 0.1) is 12.2 Å². The number of nitrogens with zero attached hydrogens (tertiary/aromatic N) is 1. The second-order valence-corrected chi connectivity index (χ2v) is 7.83. The number of aryl methyl sites for hydroxylation is 1. The third-order valence-electron chi connectivity index (χ3n) is 5.82. The Kier molecular flexibility index (Phi) is 5.64. The van der Waals surface area contributed by atoms with Gasteiger partial charge >= 0.3 is 24.0 Å². The standard InChI is InChI=1S/C22H22F5NO4/c1-6-31-19(30)17-15(11(2)3)18(29)32-20(17,21(23,24)22(25,26)27)16-12(4)28(5)14-10-8-7-9-13(14)16/h7-10,17H,6H2,1-5H3/t17-,20-/m0/s1. The van der Waals surface area contributed by atoms with E-state index in [-0.39, 0.29) is 23.3 Å². The SMILES string of the molecule is CCOC(=O)[C@@H]1C(=C(C)C)C(=O)O[C@]1(c1c(C)n(C)c2ccccc12)C(F)(F)C(F)(F)F. The number of carbonyl (C=O) groups excluding carboxylic acids is 2. The summed E-state index contributed by atoms with van der Waals surface area (Å²) in [6.07, 6.45) is -6.14. The lowest BCUT2D eigenvalue weighted by atomic mass is 9.72. The van der Waals surface area contributed by atoms with Crippen LogP contribution in [-0.4, -0.2) is 35.2 Å². The summed E-state index contributed by atoms with van der Waals surface area (Å²) in [5.41, 5.74) is -4.44. The third-order valence-corrected chi connectivity index (χ3v) is 5.82. The van der Waals surface area contributed by atoms with Crippen LogP contribution >= 0.6 is 0 Å². The topological polar surface area (TPSA) is 57.5 Å². The average molecular weight is 459 g/mol. The second kappa shape index (κ2) is 7.60. The number of halogens is 5. The van der Waals surface area contributed by atoms with Crippen LogP contribution in [0.4, 0.5) is 22.0 Å². The molecule has 0 saturated carbocycles. The summed E-state index contributed by atoms with van der Waals surface area (Å²) in [7, 11) is 1.48. The van der Waals surface area contributed by atoms with E-state index in [0.29, 0.717) is 5.52 Å². The summed E-state index contributed by atoms with van der Waals surface area (Å²) < 4.78 is 84.1. The van der Waals surface area contributed by atoms with Crippen LogP contribution < -0.4 is 0 Å². The fourth-order valence-electron chi connectivity index (χ4n) is 4.38. The molecule has 174 valence electrons. The van der Waals surface area contributed by atoms with Crippen molar-refractivity contribution in [3.05, 3.63) is 46.7 Å². The number of alkyl halides is 5. The molecule has 0 aliphatic carbocycles. The van der Waals surface area contributed by atoms with Gasteiger partial charge in [-0.15, -0.1) is 0 Å². The van der Waals surface area contributed by atoms with Crippen LogP contribution in [-0.2, 0) is 31.7 Å². The predicted octanol–water partition coefficient (Wildman–Crippen LogP) is 4.95. The van der Waals surface area contributed by atoms with Crippen LogP contribution in [0, 0.1) is 12.8 Å². The number of para-hydroxylation sites is 1. The molecule has 2 heterocycles. The molecule has 1 aliphatic rings. The lowest BCUT2D eigenvalue weighted by Gasteiger charge is -2.39. The number of hydrogen-bond donors (Lipinski definition) is 0. The number of cyclic esters (lactones) is 1. The molecule has 2 atom stereocenters. The molecule has 1 aliphatic heterocycles. The Labute approximate surface area is 180 Å². The third kappa shape index (κ3) is 3.02. The molecule has 1 aromatic heterocycles. The van der Waals surface area contributed by atoms with Crippen LogP contribution in [0.5, 0.6) is 0 Å². The Morgan fingerprint density at radius 3 is 2.31 bits per heavy atom. The molecule has 3 rings (SSSR count). The van der Waals surface area contributed by atoms with E-state index in [1.165, 1.54) is 57.5 Å². The van der Waals surface area contributed by atoms with E-state index in [1.54, 1.807) is 6.07 Å². The summed E-state index contributed by atoms with van der Waals surface area (Å²) in [5, 5.41) is 0.00790. The number of rotatable bonds is 4. The maximum absolute atomic E-state index is 15.5. The Balaban J connectivity index is 2.57. The molecule has 0 radical (unpaired) electrons. The van der Waals surface area contributed by atoms with Gasteiger partial charge in [-0.25, -0.2) is 4.79 Å². The predicted molar refractivity (Wildman–Crippen MR) is 105 cm³/mol. The summed E-state index contributed by atoms with van der Waals surface area (Å²) in [6.45, 7) is 5.09. The molecular weight excluding hydrogens is 437 g/mol. The van der Waals surface area contributed by atoms with Crippen LogP contribution in [0.1, 0.15) is 32.0 Å². The highest BCUT2D eigenvalue weighted by atomic mass is 19.4. The lowest BCUT2D eigenvalue weighted by Crippen LogP contribution is -2.59. The van der Waals surface area contributed by atoms with Crippen LogP contribution in [0.25, 0.3) is 10.9 Å². The van der Waals surface area contributed by atoms with Crippen LogP contribution in [0.2, 0.25) is 0 Å². The number of hydrogen-bond acceptors (Lipinski definition) is 4. The largest absolute Gasteiger partial charge is 0.465 e. The molecule has 0 amide bonds. The van der Waals surface area contributed by atoms with Gasteiger partial charge in [-0.3, -0.25) is 4.79 Å². The molecule has 5 nitrogen and oxygen atoms in total. The zero-order chi connectivity index (χ0) is 24.2. The van der Waals surface area contributed by atoms with E-state index in [4.69, 9.17) is 9.47 Å². The molecule has 0 spiro atoms. The van der Waals surface area contributed by atoms with Crippen molar-refractivity contribution in [2.24, 2.45) is 13.0 Å². The quantitative estimate of drug-likeness (QED) is 0.369. The first-order chi connectivity index (χ1) is 14.7. The summed E-state index contributed by atoms with van der Waals surface area (Å²) in [6, 6.07) is 5.93. The zero-order valence-corrected chi connectivity index (χ0v) is 18.1. The number of aromatic nitrogens is 1. The van der Waals surface area contributed by atoms with E-state index in [0.717, 1.165) is 0 Å². The minimum Gasteiger partial charge on any atom is -0.465 e. The average Bonchev–Trinajstić information content (AvgIpc) is 3.14. The first-order valence-corrected chi connectivity index (χ1v) is 9.80. The summed E-state index contributed by atoms with van der Waals surface area (Å²) in [4.78, 5) is 25.7. The van der Waals surface area contributed by atoms with Gasteiger partial charge in [0.25, 0.3) is 0 Å². The van der Waals surface area contributed by atoms with Crippen molar-refractivity contribution < 1.29 is 41.0 Å². The highest BCUT2D eigenvalue weighted by Crippen LogP contribution is 2.61. The molecule has 1 saturated heterocycles. The van der Waals surface area contributed by atoms with Gasteiger partial charge in [0.15, 0.2) is 0 Å². The maximum Gasteiger partial charge on any atom is 0.458 e. The molecule has 0 unspecified atom stereocenters. The zero-order valence-electron chi connectivity index (χ0n) is 18.1. The van der Waals surface area contributed by atoms with Crippen molar-refractivity contribution in [3.63, 3.8) is 0 Å². The van der Waals surface area contributed by atoms with Crippen molar-refractivity contribution >= 4 is 22.8 Å². The van der Waals surface area contributed by atoms with Crippen molar-refractivity contribution in [3.8, 4) is 0 Å². The number of carbonyl (C=O) groups is 2. The smallest absolute Gasteiger partial charge is 0.458 e. The van der Waals surface area contributed by atoms with Crippen LogP contribution in [0.3, 0.4) is 0 Å². The monoisotopic (exact) mass is 459 g/mol. The fourth-order valence-corrected chi connectivity index (χ4v) is 4.38. The number of allylic oxidation sites excluding steroid dienone is 1. The van der Waals surface area contributed by atoms with Gasteiger partial charge in [-0.05, 0) is 33.8 Å². The molecule has 1 fully saturated rings. The maximum atomic E-state index is 15.5. The van der Waals surface area contributed by atoms with Gasteiger partial charge in [-0.1, -0.05) is 23.8 Å². The van der Waals surface area contributed by atoms with Gasteiger partial charge in [0.1, 0.15) is 5.92 Å². The van der Waals surface area contributed by atoms with Crippen LogP contribution in [0.15, 0.2) is 35.4 Å². The van der Waals surface area contributed by atoms with E-state index in [1.807, 2.05) is 0 Å². The fraction of sp³-hybridized carbons (Fsp3) is 0.455. The van der Waals surface area contributed by atoms with E-state index in [2.05, 4.69) is 0 Å². The minimum atomic E-state index is -6.14. The Bertz CT molecular complexity index is 1130. The molecule has 2 aromatic rings. The number of esters is 2. The van der Waals surface area contributed by atoms with E-state index in [9.17, 15) is 22.8 Å². The minimum absolute atomic E-state index is 0.00719. The Morgan fingerprint density at radius 2 is 1.78 bits per heavy atom. The Hall–Kier alpha value is -2.91. The molecule has 32 heavy (non-hydrogen) atoms. The molecule has 0 bridgehead atoms. The van der Waals surface area contributed by atoms with Crippen molar-refractivity contribution in [2.75, 3.05) is 6.61 Å².